The van der Waals surface area contributed by atoms with E-state index in [4.69, 9.17) is 9.47 Å². The first-order chi connectivity index (χ1) is 12.2. The molecule has 0 spiro atoms. The predicted octanol–water partition coefficient (Wildman–Crippen LogP) is 1.04. The van der Waals surface area contributed by atoms with Gasteiger partial charge < -0.3 is 19.3 Å². The summed E-state index contributed by atoms with van der Waals surface area (Å²) in [4.78, 5) is 32.9. The zero-order valence-electron chi connectivity index (χ0n) is 14.4. The number of piperazine rings is 1. The van der Waals surface area contributed by atoms with Gasteiger partial charge in [-0.25, -0.2) is 9.78 Å². The van der Waals surface area contributed by atoms with Crippen molar-refractivity contribution in [1.29, 1.82) is 0 Å². The average Bonchev–Trinajstić information content (AvgIpc) is 3.44. The molecule has 2 aliphatic heterocycles. The van der Waals surface area contributed by atoms with E-state index in [0.717, 1.165) is 37.3 Å². The molecule has 1 aliphatic carbocycles. The van der Waals surface area contributed by atoms with Crippen LogP contribution in [0.15, 0.2) is 12.1 Å². The molecule has 0 bridgehead atoms. The molecule has 25 heavy (non-hydrogen) atoms. The number of aromatic nitrogens is 1. The number of rotatable bonds is 4. The van der Waals surface area contributed by atoms with E-state index in [1.54, 1.807) is 6.07 Å². The summed E-state index contributed by atoms with van der Waals surface area (Å²) in [5.41, 5.74) is 2.34. The van der Waals surface area contributed by atoms with Crippen LogP contribution in [0, 0.1) is 5.92 Å². The number of carbonyl (C=O) groups excluding carboxylic acids is 2. The van der Waals surface area contributed by atoms with E-state index in [2.05, 4.69) is 16.0 Å². The molecule has 3 fully saturated rings. The zero-order valence-corrected chi connectivity index (χ0v) is 14.4. The number of hydrogen-bond acceptors (Lipinski definition) is 6. The van der Waals surface area contributed by atoms with E-state index in [1.165, 1.54) is 7.11 Å². The van der Waals surface area contributed by atoms with Crippen molar-refractivity contribution < 1.29 is 19.1 Å². The Bertz CT molecular complexity index is 677. The quantitative estimate of drug-likeness (QED) is 0.760. The van der Waals surface area contributed by atoms with Gasteiger partial charge in [-0.15, -0.1) is 0 Å². The van der Waals surface area contributed by atoms with Gasteiger partial charge in [0.2, 0.25) is 5.91 Å². The van der Waals surface area contributed by atoms with Crippen LogP contribution in [-0.2, 0) is 14.3 Å². The van der Waals surface area contributed by atoms with Gasteiger partial charge in [0.25, 0.3) is 0 Å². The Kier molecular flexibility index (Phi) is 4.33. The molecule has 0 unspecified atom stereocenters. The number of pyridine rings is 1. The molecule has 1 amide bonds. The third kappa shape index (κ3) is 3.33. The maximum absolute atomic E-state index is 12.3. The van der Waals surface area contributed by atoms with Crippen molar-refractivity contribution in [1.82, 2.24) is 9.88 Å². The highest BCUT2D eigenvalue weighted by molar-refractivity contribution is 5.88. The third-order valence-electron chi connectivity index (χ3n) is 5.16. The second-order valence-electron chi connectivity index (χ2n) is 6.95. The molecule has 0 N–H and O–H groups in total. The van der Waals surface area contributed by atoms with Crippen LogP contribution in [0.2, 0.25) is 0 Å². The van der Waals surface area contributed by atoms with E-state index in [9.17, 15) is 9.59 Å². The Morgan fingerprint density at radius 1 is 1.16 bits per heavy atom. The first-order valence-corrected chi connectivity index (χ1v) is 8.87. The normalized spacial score (nSPS) is 21.0. The molecule has 0 aromatic carbocycles. The minimum absolute atomic E-state index is 0.0415. The Labute approximate surface area is 146 Å². The third-order valence-corrected chi connectivity index (χ3v) is 5.16. The highest BCUT2D eigenvalue weighted by atomic mass is 16.5. The van der Waals surface area contributed by atoms with Gasteiger partial charge in [0.15, 0.2) is 5.69 Å². The van der Waals surface area contributed by atoms with Crippen LogP contribution in [0.1, 0.15) is 34.9 Å². The average molecular weight is 345 g/mol. The molecule has 4 rings (SSSR count). The van der Waals surface area contributed by atoms with Crippen molar-refractivity contribution in [3.05, 3.63) is 23.5 Å². The van der Waals surface area contributed by atoms with Crippen molar-refractivity contribution in [2.24, 2.45) is 5.92 Å². The number of amides is 1. The summed E-state index contributed by atoms with van der Waals surface area (Å²) in [7, 11) is 1.38. The van der Waals surface area contributed by atoms with Gasteiger partial charge in [-0.2, -0.15) is 0 Å². The van der Waals surface area contributed by atoms with Crippen molar-refractivity contribution in [2.45, 2.75) is 18.8 Å². The van der Waals surface area contributed by atoms with Crippen LogP contribution in [0.5, 0.6) is 0 Å². The van der Waals surface area contributed by atoms with Crippen molar-refractivity contribution in [3.8, 4) is 0 Å². The first kappa shape index (κ1) is 16.3. The summed E-state index contributed by atoms with van der Waals surface area (Å²) in [6.07, 6.45) is 2.26. The van der Waals surface area contributed by atoms with Gasteiger partial charge in [-0.1, -0.05) is 0 Å². The fraction of sp³-hybridized carbons (Fsp3) is 0.611. The summed E-state index contributed by atoms with van der Waals surface area (Å²) < 4.78 is 9.96. The number of methoxy groups -OCH3 is 1. The highest BCUT2D eigenvalue weighted by Gasteiger charge is 2.33. The van der Waals surface area contributed by atoms with Crippen LogP contribution < -0.4 is 4.90 Å². The smallest absolute Gasteiger partial charge is 0.356 e. The van der Waals surface area contributed by atoms with Crippen molar-refractivity contribution in [3.63, 3.8) is 0 Å². The molecule has 3 aliphatic rings. The zero-order chi connectivity index (χ0) is 17.4. The molecular formula is C18H23N3O4. The monoisotopic (exact) mass is 345 g/mol. The van der Waals surface area contributed by atoms with Crippen molar-refractivity contribution in [2.75, 3.05) is 51.4 Å². The maximum atomic E-state index is 12.3. The van der Waals surface area contributed by atoms with Gasteiger partial charge in [-0.3, -0.25) is 4.79 Å². The van der Waals surface area contributed by atoms with Crippen LogP contribution in [-0.4, -0.2) is 68.3 Å². The molecule has 1 saturated carbocycles. The van der Waals surface area contributed by atoms with E-state index >= 15 is 0 Å². The Morgan fingerprint density at radius 2 is 1.88 bits per heavy atom. The van der Waals surface area contributed by atoms with Crippen LogP contribution in [0.3, 0.4) is 0 Å². The number of carbonyl (C=O) groups is 2. The van der Waals surface area contributed by atoms with E-state index in [0.29, 0.717) is 37.9 Å². The van der Waals surface area contributed by atoms with E-state index in [1.807, 2.05) is 4.90 Å². The summed E-state index contributed by atoms with van der Waals surface area (Å²) in [6, 6.07) is 3.89. The minimum atomic E-state index is -0.400. The predicted molar refractivity (Wildman–Crippen MR) is 90.7 cm³/mol. The summed E-state index contributed by atoms with van der Waals surface area (Å²) in [6.45, 7) is 4.02. The fourth-order valence-electron chi connectivity index (χ4n) is 3.34. The SMILES string of the molecule is COC(=O)c1cc(N2CCN(C(=O)C3COC3)CC2)cc(C2CC2)n1. The topological polar surface area (TPSA) is 72.0 Å². The number of nitrogens with zero attached hydrogens (tertiary/aromatic N) is 3. The van der Waals surface area contributed by atoms with Gasteiger partial charge in [0.1, 0.15) is 0 Å². The van der Waals surface area contributed by atoms with Gasteiger partial charge in [-0.05, 0) is 25.0 Å². The number of anilines is 1. The lowest BCUT2D eigenvalue weighted by atomic mass is 10.1. The molecule has 3 heterocycles. The minimum Gasteiger partial charge on any atom is -0.464 e. The molecule has 7 nitrogen and oxygen atoms in total. The Balaban J connectivity index is 1.47. The second kappa shape index (κ2) is 6.63. The molecule has 2 saturated heterocycles. The van der Waals surface area contributed by atoms with E-state index in [-0.39, 0.29) is 11.8 Å². The summed E-state index contributed by atoms with van der Waals surface area (Å²) >= 11 is 0. The molecule has 1 aromatic rings. The lowest BCUT2D eigenvalue weighted by Crippen LogP contribution is -2.53. The molecule has 1 aromatic heterocycles. The maximum Gasteiger partial charge on any atom is 0.356 e. The molecular weight excluding hydrogens is 322 g/mol. The fourth-order valence-corrected chi connectivity index (χ4v) is 3.34. The van der Waals surface area contributed by atoms with Gasteiger partial charge in [0.05, 0.1) is 26.2 Å². The Morgan fingerprint density at radius 3 is 2.44 bits per heavy atom. The van der Waals surface area contributed by atoms with Gasteiger partial charge in [0, 0.05) is 43.5 Å². The summed E-state index contributed by atoms with van der Waals surface area (Å²) in [5.74, 6) is 0.307. The lowest BCUT2D eigenvalue weighted by molar-refractivity contribution is -0.150. The van der Waals surface area contributed by atoms with Crippen LogP contribution >= 0.6 is 0 Å². The molecule has 134 valence electrons. The lowest BCUT2D eigenvalue weighted by Gasteiger charge is -2.39. The molecule has 0 radical (unpaired) electrons. The van der Waals surface area contributed by atoms with Crippen LogP contribution in [0.25, 0.3) is 0 Å². The second-order valence-corrected chi connectivity index (χ2v) is 6.95. The summed E-state index contributed by atoms with van der Waals surface area (Å²) in [5, 5.41) is 0. The standard InChI is InChI=1S/C18H23N3O4/c1-24-18(23)16-9-14(8-15(19-16)12-2-3-12)20-4-6-21(7-5-20)17(22)13-10-25-11-13/h8-9,12-13H,2-7,10-11H2,1H3. The Hall–Kier alpha value is -2.15. The number of ether oxygens (including phenoxy) is 2. The largest absolute Gasteiger partial charge is 0.464 e. The van der Waals surface area contributed by atoms with Crippen LogP contribution in [0.4, 0.5) is 5.69 Å². The first-order valence-electron chi connectivity index (χ1n) is 8.87. The number of esters is 1. The van der Waals surface area contributed by atoms with Gasteiger partial charge >= 0.3 is 5.97 Å². The molecule has 0 atom stereocenters. The number of hydrogen-bond donors (Lipinski definition) is 0. The van der Waals surface area contributed by atoms with E-state index < -0.39 is 5.97 Å². The highest BCUT2D eigenvalue weighted by Crippen LogP contribution is 2.40. The molecule has 7 heteroatoms. The van der Waals surface area contributed by atoms with Crippen molar-refractivity contribution >= 4 is 17.6 Å².